The first kappa shape index (κ1) is 55.0. The van der Waals surface area contributed by atoms with Crippen molar-refractivity contribution >= 4 is 41.4 Å². The predicted molar refractivity (Wildman–Crippen MR) is 289 cm³/mol. The van der Waals surface area contributed by atoms with Crippen LogP contribution in [-0.2, 0) is 40.0 Å². The summed E-state index contributed by atoms with van der Waals surface area (Å²) in [5.74, 6) is -4.55. The van der Waals surface area contributed by atoms with Gasteiger partial charge in [-0.1, -0.05) is 140 Å². The number of fused-ring (bicyclic) bond motifs is 2. The van der Waals surface area contributed by atoms with Gasteiger partial charge in [0.25, 0.3) is 0 Å². The van der Waals surface area contributed by atoms with E-state index in [-0.39, 0.29) is 42.7 Å². The number of carbonyl (C=O) groups is 7. The first-order valence-electron chi connectivity index (χ1n) is 27.5. The molecule has 19 heteroatoms. The van der Waals surface area contributed by atoms with Gasteiger partial charge < -0.3 is 47.3 Å². The first-order valence-corrected chi connectivity index (χ1v) is 27.5. The molecule has 5 heterocycles. The molecule has 4 aliphatic rings. The van der Waals surface area contributed by atoms with Gasteiger partial charge in [-0.2, -0.15) is 0 Å². The Bertz CT molecular complexity index is 2810. The number of ether oxygens (including phenoxy) is 1. The second-order valence-electron chi connectivity index (χ2n) is 21.1. The van der Waals surface area contributed by atoms with Gasteiger partial charge in [-0.25, -0.2) is 4.79 Å². The van der Waals surface area contributed by atoms with Crippen molar-refractivity contribution in [2.45, 2.75) is 145 Å². The summed E-state index contributed by atoms with van der Waals surface area (Å²) < 4.78 is 7.31. The van der Waals surface area contributed by atoms with Gasteiger partial charge in [0.2, 0.25) is 35.4 Å². The van der Waals surface area contributed by atoms with Crippen LogP contribution in [0, 0.1) is 11.8 Å². The smallest absolute Gasteiger partial charge is 0.360 e. The largest absolute Gasteiger partial charge is 0.460 e. The molecule has 410 valence electrons. The third kappa shape index (κ3) is 12.3. The summed E-state index contributed by atoms with van der Waals surface area (Å²) in [6.45, 7) is 3.35. The zero-order valence-corrected chi connectivity index (χ0v) is 44.2. The molecule has 19 nitrogen and oxygen atoms in total. The van der Waals surface area contributed by atoms with Crippen LogP contribution in [0.5, 0.6) is 0 Å². The molecule has 0 bridgehead atoms. The summed E-state index contributed by atoms with van der Waals surface area (Å²) >= 11 is 0. The van der Waals surface area contributed by atoms with Crippen LogP contribution >= 0.6 is 0 Å². The van der Waals surface area contributed by atoms with E-state index in [9.17, 15) is 33.6 Å². The minimum atomic E-state index is -1.16. The van der Waals surface area contributed by atoms with Gasteiger partial charge in [-0.3, -0.25) is 33.4 Å². The maximum absolute atomic E-state index is 14.9. The van der Waals surface area contributed by atoms with Crippen molar-refractivity contribution in [1.82, 2.24) is 46.1 Å². The van der Waals surface area contributed by atoms with Crippen molar-refractivity contribution in [3.05, 3.63) is 155 Å². The minimum Gasteiger partial charge on any atom is -0.460 e. The number of carbonyl (C=O) groups excluding carboxylic acids is 7. The van der Waals surface area contributed by atoms with Gasteiger partial charge in [0.1, 0.15) is 24.2 Å². The Morgan fingerprint density at radius 2 is 0.949 bits per heavy atom. The number of amides is 6. The fourth-order valence-corrected chi connectivity index (χ4v) is 11.8. The number of rotatable bonds is 19. The lowest BCUT2D eigenvalue weighted by molar-refractivity contribution is -0.144. The van der Waals surface area contributed by atoms with Gasteiger partial charge >= 0.3 is 5.97 Å². The van der Waals surface area contributed by atoms with Crippen LogP contribution in [0.25, 0.3) is 0 Å². The highest BCUT2D eigenvalue weighted by atomic mass is 16.5. The van der Waals surface area contributed by atoms with E-state index in [4.69, 9.17) is 16.2 Å². The lowest BCUT2D eigenvalue weighted by Crippen LogP contribution is -2.58. The summed E-state index contributed by atoms with van der Waals surface area (Å²) in [6, 6.07) is 31.4. The molecular formula is C59H71N11O8. The number of benzene rings is 4. The molecule has 6 amide bonds. The molecule has 0 aliphatic carbocycles. The molecular weight excluding hydrogens is 991 g/mol. The molecule has 4 saturated heterocycles. The predicted octanol–water partition coefficient (Wildman–Crippen LogP) is 4.23. The quantitative estimate of drug-likeness (QED) is 0.0635. The van der Waals surface area contributed by atoms with Crippen LogP contribution in [-0.4, -0.2) is 121 Å². The topological polar surface area (TPSA) is 266 Å². The molecule has 4 aliphatic heterocycles. The Balaban J connectivity index is 0.888. The number of hydrogen-bond acceptors (Lipinski definition) is 12. The fraction of sp³-hybridized carbons (Fsp3) is 0.441. The van der Waals surface area contributed by atoms with E-state index in [0.717, 1.165) is 22.3 Å². The van der Waals surface area contributed by atoms with Gasteiger partial charge in [0, 0.05) is 30.5 Å². The number of esters is 1. The molecule has 4 fully saturated rings. The number of nitrogens with two attached hydrogens (primary N) is 2. The fourth-order valence-electron chi connectivity index (χ4n) is 11.8. The van der Waals surface area contributed by atoms with E-state index < -0.39 is 89.8 Å². The standard InChI is InChI=1S/C59H71N11O8/c1-3-44(60)53(71)64-51-40(25-27-42-29-31-47(69(42)57(51)75)55(73)62-49(36-17-9-5-10-18-36)37-19-11-6-12-20-37)33-68-34-46(66-67-68)59(77)78-35-41-26-28-43-30-32-48(70(43)58(76)52(41)65-54(72)45(61)4-2)56(74)63-50(38-21-13-7-14-22-38)39-23-15-8-16-24-39/h5-24,34,40-45,47-52H,3-4,25-33,35,60-61H2,1-2H3,(H,62,73)(H,63,74)(H,64,71)(H,65,72)/t40-,41+,42?,43+,44+,45+,47+,48+,51+,52+/m1/s1. The second-order valence-corrected chi connectivity index (χ2v) is 21.1. The molecule has 1 unspecified atom stereocenters. The third-order valence-corrected chi connectivity index (χ3v) is 16.2. The monoisotopic (exact) mass is 1060 g/mol. The number of hydrogen-bond donors (Lipinski definition) is 6. The number of aromatic nitrogens is 3. The Labute approximate surface area is 454 Å². The highest BCUT2D eigenvalue weighted by molar-refractivity contribution is 5.96. The Morgan fingerprint density at radius 3 is 1.36 bits per heavy atom. The molecule has 10 atom stereocenters. The summed E-state index contributed by atoms with van der Waals surface area (Å²) in [5.41, 5.74) is 15.8. The van der Waals surface area contributed by atoms with Crippen LogP contribution in [0.1, 0.15) is 123 Å². The second kappa shape index (κ2) is 25.1. The van der Waals surface area contributed by atoms with E-state index in [1.54, 1.807) is 23.6 Å². The Kier molecular flexibility index (Phi) is 17.7. The molecule has 5 aromatic rings. The minimum absolute atomic E-state index is 0.0756. The summed E-state index contributed by atoms with van der Waals surface area (Å²) in [5, 5.41) is 20.6. The zero-order chi connectivity index (χ0) is 54.9. The van der Waals surface area contributed by atoms with Crippen LogP contribution in [0.3, 0.4) is 0 Å². The maximum atomic E-state index is 14.9. The number of nitrogens with one attached hydrogen (secondary N) is 4. The van der Waals surface area contributed by atoms with Crippen molar-refractivity contribution in [3.8, 4) is 0 Å². The van der Waals surface area contributed by atoms with E-state index in [1.165, 1.54) is 10.9 Å². The van der Waals surface area contributed by atoms with Gasteiger partial charge in [-0.15, -0.1) is 5.10 Å². The highest BCUT2D eigenvalue weighted by Gasteiger charge is 2.50. The zero-order valence-electron chi connectivity index (χ0n) is 44.2. The summed E-state index contributed by atoms with van der Waals surface area (Å²) in [6.07, 6.45) is 5.98. The Hall–Kier alpha value is -7.77. The van der Waals surface area contributed by atoms with Gasteiger partial charge in [-0.05, 0) is 86.5 Å². The molecule has 9 rings (SSSR count). The maximum Gasteiger partial charge on any atom is 0.360 e. The van der Waals surface area contributed by atoms with Crippen LogP contribution in [0.15, 0.2) is 128 Å². The molecule has 0 radical (unpaired) electrons. The SMILES string of the molecule is CC[C@H](N)C(=O)N[C@@H]1C(=O)N2C(CC[C@@H]1Cn1cc(C(=O)OC[C@@H]3CC[C@H]4CC[C@@H](C(=O)NC(c5ccccc5)c5ccccc5)N4C(=O)[C@H]3NC(=O)[C@@H](N)CC)nn1)CC[C@H]2C(=O)NC(c1ccccc1)c1ccccc1. The average Bonchev–Trinajstić information content (AvgIpc) is 4.24. The van der Waals surface area contributed by atoms with E-state index in [2.05, 4.69) is 31.6 Å². The van der Waals surface area contributed by atoms with Crippen molar-refractivity contribution in [2.75, 3.05) is 6.61 Å². The van der Waals surface area contributed by atoms with E-state index in [0.29, 0.717) is 64.2 Å². The third-order valence-electron chi connectivity index (χ3n) is 16.2. The lowest BCUT2D eigenvalue weighted by atomic mass is 9.92. The molecule has 4 aromatic carbocycles. The summed E-state index contributed by atoms with van der Waals surface area (Å²) in [4.78, 5) is 103. The van der Waals surface area contributed by atoms with Crippen LogP contribution in [0.2, 0.25) is 0 Å². The molecule has 0 saturated carbocycles. The van der Waals surface area contributed by atoms with Crippen molar-refractivity contribution in [1.29, 1.82) is 0 Å². The lowest BCUT2D eigenvalue weighted by Gasteiger charge is -2.33. The average molecular weight is 1060 g/mol. The molecule has 8 N–H and O–H groups in total. The molecule has 78 heavy (non-hydrogen) atoms. The van der Waals surface area contributed by atoms with Crippen molar-refractivity contribution in [3.63, 3.8) is 0 Å². The van der Waals surface area contributed by atoms with Crippen LogP contribution < -0.4 is 32.7 Å². The van der Waals surface area contributed by atoms with E-state index >= 15 is 0 Å². The summed E-state index contributed by atoms with van der Waals surface area (Å²) in [7, 11) is 0. The first-order chi connectivity index (χ1) is 37.8. The Morgan fingerprint density at radius 1 is 0.564 bits per heavy atom. The van der Waals surface area contributed by atoms with E-state index in [1.807, 2.05) is 121 Å². The number of nitrogens with zero attached hydrogens (tertiary/aromatic N) is 5. The normalized spacial score (nSPS) is 23.8. The van der Waals surface area contributed by atoms with Gasteiger partial charge in [0.15, 0.2) is 5.69 Å². The molecule has 0 spiro atoms. The highest BCUT2D eigenvalue weighted by Crippen LogP contribution is 2.37. The van der Waals surface area contributed by atoms with Crippen molar-refractivity contribution < 1.29 is 38.3 Å². The van der Waals surface area contributed by atoms with Crippen LogP contribution in [0.4, 0.5) is 0 Å². The van der Waals surface area contributed by atoms with Crippen molar-refractivity contribution in [2.24, 2.45) is 23.3 Å². The molecule has 1 aromatic heterocycles. The van der Waals surface area contributed by atoms with Gasteiger partial charge in [0.05, 0.1) is 37.0 Å².